The largest absolute Gasteiger partial charge is 0.465 e. The molecule has 1 atom stereocenters. The van der Waals surface area contributed by atoms with Crippen molar-refractivity contribution in [3.05, 3.63) is 0 Å². The molecule has 1 amide bonds. The second kappa shape index (κ2) is 5.92. The number of hydrogen-bond acceptors (Lipinski definition) is 3. The fraction of sp³-hybridized carbons (Fsp3) is 0.900. The maximum Gasteiger partial charge on any atom is 0.407 e. The van der Waals surface area contributed by atoms with Crippen LogP contribution in [0.3, 0.4) is 0 Å². The van der Waals surface area contributed by atoms with E-state index in [1.165, 1.54) is 4.90 Å². The number of nitrogens with zero attached hydrogens (tertiary/aromatic N) is 1. The van der Waals surface area contributed by atoms with E-state index >= 15 is 0 Å². The van der Waals surface area contributed by atoms with Gasteiger partial charge >= 0.3 is 6.09 Å². The molecule has 90 valence electrons. The van der Waals surface area contributed by atoms with Gasteiger partial charge in [-0.3, -0.25) is 0 Å². The molecule has 1 saturated heterocycles. The molecule has 0 spiro atoms. The SMILES string of the molecule is CC(C)(C)O.NCC1CCN(C(=O)O)C1. The van der Waals surface area contributed by atoms with Gasteiger partial charge in [-0.1, -0.05) is 0 Å². The van der Waals surface area contributed by atoms with Crippen molar-refractivity contribution in [2.24, 2.45) is 11.7 Å². The number of carboxylic acid groups (broad SMARTS) is 1. The van der Waals surface area contributed by atoms with Crippen molar-refractivity contribution in [1.82, 2.24) is 4.90 Å². The summed E-state index contributed by atoms with van der Waals surface area (Å²) in [5.74, 6) is 0.385. The Bertz CT molecular complexity index is 195. The van der Waals surface area contributed by atoms with Crippen molar-refractivity contribution in [1.29, 1.82) is 0 Å². The molecule has 1 aliphatic heterocycles. The Morgan fingerprint density at radius 1 is 1.53 bits per heavy atom. The lowest BCUT2D eigenvalue weighted by molar-refractivity contribution is 0.102. The smallest absolute Gasteiger partial charge is 0.407 e. The topological polar surface area (TPSA) is 86.8 Å². The van der Waals surface area contributed by atoms with Crippen LogP contribution in [0.25, 0.3) is 0 Å². The summed E-state index contributed by atoms with van der Waals surface area (Å²) in [6, 6.07) is 0. The highest BCUT2D eigenvalue weighted by molar-refractivity contribution is 5.65. The van der Waals surface area contributed by atoms with Gasteiger partial charge in [0, 0.05) is 13.1 Å². The van der Waals surface area contributed by atoms with Crippen LogP contribution in [-0.2, 0) is 0 Å². The van der Waals surface area contributed by atoms with Gasteiger partial charge in [0.2, 0.25) is 0 Å². The lowest BCUT2D eigenvalue weighted by atomic mass is 10.1. The second-order valence-electron chi connectivity index (χ2n) is 4.79. The van der Waals surface area contributed by atoms with Crippen molar-refractivity contribution in [2.75, 3.05) is 19.6 Å². The van der Waals surface area contributed by atoms with Crippen LogP contribution in [0.4, 0.5) is 4.79 Å². The molecule has 5 nitrogen and oxygen atoms in total. The van der Waals surface area contributed by atoms with Crippen LogP contribution in [-0.4, -0.2) is 46.4 Å². The molecule has 1 rings (SSSR count). The van der Waals surface area contributed by atoms with Gasteiger partial charge in [-0.15, -0.1) is 0 Å². The van der Waals surface area contributed by atoms with Gasteiger partial charge in [-0.25, -0.2) is 4.79 Å². The summed E-state index contributed by atoms with van der Waals surface area (Å²) in [6.45, 7) is 7.10. The van der Waals surface area contributed by atoms with E-state index in [4.69, 9.17) is 15.9 Å². The van der Waals surface area contributed by atoms with Crippen LogP contribution < -0.4 is 5.73 Å². The molecule has 5 heteroatoms. The standard InChI is InChI=1S/C6H12N2O2.C4H10O/c7-3-5-1-2-8(4-5)6(9)10;1-4(2,3)5/h5H,1-4,7H2,(H,9,10);5H,1-3H3. The summed E-state index contributed by atoms with van der Waals surface area (Å²) in [7, 11) is 0. The molecule has 0 aromatic heterocycles. The van der Waals surface area contributed by atoms with Crippen LogP contribution in [0.5, 0.6) is 0 Å². The quantitative estimate of drug-likeness (QED) is 0.605. The van der Waals surface area contributed by atoms with E-state index < -0.39 is 11.7 Å². The monoisotopic (exact) mass is 218 g/mol. The van der Waals surface area contributed by atoms with Crippen LogP contribution in [0, 0.1) is 5.92 Å². The van der Waals surface area contributed by atoms with Crippen molar-refractivity contribution in [2.45, 2.75) is 32.8 Å². The molecule has 0 radical (unpaired) electrons. The number of rotatable bonds is 1. The molecular formula is C10H22N2O3. The molecule has 0 bridgehead atoms. The van der Waals surface area contributed by atoms with Gasteiger partial charge < -0.3 is 20.8 Å². The average Bonchev–Trinajstić information content (AvgIpc) is 2.48. The van der Waals surface area contributed by atoms with E-state index in [1.54, 1.807) is 20.8 Å². The van der Waals surface area contributed by atoms with Crippen molar-refractivity contribution in [3.63, 3.8) is 0 Å². The molecule has 1 aliphatic rings. The zero-order chi connectivity index (χ0) is 12.1. The summed E-state index contributed by atoms with van der Waals surface area (Å²) >= 11 is 0. The van der Waals surface area contributed by atoms with Crippen LogP contribution in [0.2, 0.25) is 0 Å². The molecule has 1 fully saturated rings. The minimum Gasteiger partial charge on any atom is -0.465 e. The first-order chi connectivity index (χ1) is 6.74. The van der Waals surface area contributed by atoms with E-state index in [2.05, 4.69) is 0 Å². The summed E-state index contributed by atoms with van der Waals surface area (Å²) in [5.41, 5.74) is 4.88. The number of carbonyl (C=O) groups is 1. The predicted molar refractivity (Wildman–Crippen MR) is 58.7 cm³/mol. The van der Waals surface area contributed by atoms with E-state index in [0.29, 0.717) is 25.6 Å². The van der Waals surface area contributed by atoms with Gasteiger partial charge in [-0.05, 0) is 39.7 Å². The third-order valence-corrected chi connectivity index (χ3v) is 1.89. The predicted octanol–water partition coefficient (Wildman–Crippen LogP) is 0.722. The summed E-state index contributed by atoms with van der Waals surface area (Å²) < 4.78 is 0. The molecule has 1 unspecified atom stereocenters. The Balaban J connectivity index is 0.000000336. The third-order valence-electron chi connectivity index (χ3n) is 1.89. The fourth-order valence-electron chi connectivity index (χ4n) is 1.20. The zero-order valence-electron chi connectivity index (χ0n) is 9.73. The van der Waals surface area contributed by atoms with Gasteiger partial charge in [0.05, 0.1) is 5.60 Å². The Labute approximate surface area is 90.9 Å². The van der Waals surface area contributed by atoms with Gasteiger partial charge in [-0.2, -0.15) is 0 Å². The fourth-order valence-corrected chi connectivity index (χ4v) is 1.20. The number of hydrogen-bond donors (Lipinski definition) is 3. The summed E-state index contributed by atoms with van der Waals surface area (Å²) in [5, 5.41) is 17.0. The Hall–Kier alpha value is -0.810. The van der Waals surface area contributed by atoms with E-state index in [9.17, 15) is 4.79 Å². The zero-order valence-corrected chi connectivity index (χ0v) is 9.73. The molecule has 15 heavy (non-hydrogen) atoms. The van der Waals surface area contributed by atoms with Crippen LogP contribution >= 0.6 is 0 Å². The molecule has 0 aromatic carbocycles. The molecular weight excluding hydrogens is 196 g/mol. The van der Waals surface area contributed by atoms with Gasteiger partial charge in [0.25, 0.3) is 0 Å². The highest BCUT2D eigenvalue weighted by Crippen LogP contribution is 2.13. The summed E-state index contributed by atoms with van der Waals surface area (Å²) in [6.07, 6.45) is 0.0963. The van der Waals surface area contributed by atoms with Crippen molar-refractivity contribution in [3.8, 4) is 0 Å². The Kier molecular flexibility index (Phi) is 5.60. The maximum absolute atomic E-state index is 10.3. The number of nitrogens with two attached hydrogens (primary N) is 1. The molecule has 0 saturated carbocycles. The van der Waals surface area contributed by atoms with Crippen LogP contribution in [0.15, 0.2) is 0 Å². The van der Waals surface area contributed by atoms with E-state index in [-0.39, 0.29) is 0 Å². The molecule has 4 N–H and O–H groups in total. The molecule has 0 aliphatic carbocycles. The highest BCUT2D eigenvalue weighted by Gasteiger charge is 2.24. The number of likely N-dealkylation sites (tertiary alicyclic amines) is 1. The maximum atomic E-state index is 10.3. The highest BCUT2D eigenvalue weighted by atomic mass is 16.4. The van der Waals surface area contributed by atoms with Gasteiger partial charge in [0.1, 0.15) is 0 Å². The normalized spacial score (nSPS) is 20.9. The third kappa shape index (κ3) is 8.20. The average molecular weight is 218 g/mol. The first-order valence-corrected chi connectivity index (χ1v) is 5.14. The first-order valence-electron chi connectivity index (χ1n) is 5.14. The first kappa shape index (κ1) is 14.2. The lowest BCUT2D eigenvalue weighted by Crippen LogP contribution is -2.27. The van der Waals surface area contributed by atoms with Crippen LogP contribution in [0.1, 0.15) is 27.2 Å². The second-order valence-corrected chi connectivity index (χ2v) is 4.79. The minimum atomic E-state index is -0.823. The Morgan fingerprint density at radius 3 is 2.20 bits per heavy atom. The van der Waals surface area contributed by atoms with Crippen molar-refractivity contribution >= 4 is 6.09 Å². The number of aliphatic hydroxyl groups is 1. The number of amides is 1. The Morgan fingerprint density at radius 2 is 2.00 bits per heavy atom. The summed E-state index contributed by atoms with van der Waals surface area (Å²) in [4.78, 5) is 11.8. The minimum absolute atomic E-state index is 0.385. The lowest BCUT2D eigenvalue weighted by Gasteiger charge is -2.10. The molecule has 0 aromatic rings. The van der Waals surface area contributed by atoms with E-state index in [0.717, 1.165) is 6.42 Å². The van der Waals surface area contributed by atoms with E-state index in [1.807, 2.05) is 0 Å². The molecule has 1 heterocycles. The van der Waals surface area contributed by atoms with Gasteiger partial charge in [0.15, 0.2) is 0 Å². The van der Waals surface area contributed by atoms with Crippen molar-refractivity contribution < 1.29 is 15.0 Å².